The molecule has 8 nitrogen and oxygen atoms in total. The molecule has 1 saturated heterocycles. The molecule has 4 aromatic rings. The van der Waals surface area contributed by atoms with Gasteiger partial charge in [-0.2, -0.15) is 8.89 Å². The first-order valence-electron chi connectivity index (χ1n) is 10.0. The van der Waals surface area contributed by atoms with Crippen molar-refractivity contribution in [1.29, 1.82) is 0 Å². The second-order valence-corrected chi connectivity index (χ2v) is 7.87. The SMILES string of the molecule is CCc1nsc(N2CCCN(c3ccc4nnc(-c5ccccc5F)n4n3)CC2)n1. The van der Waals surface area contributed by atoms with Crippen LogP contribution in [0.15, 0.2) is 36.4 Å². The summed E-state index contributed by atoms with van der Waals surface area (Å²) in [6.07, 6.45) is 1.84. The van der Waals surface area contributed by atoms with Gasteiger partial charge in [-0.25, -0.2) is 9.37 Å². The minimum absolute atomic E-state index is 0.340. The van der Waals surface area contributed by atoms with Crippen molar-refractivity contribution < 1.29 is 4.39 Å². The number of hydrogen-bond donors (Lipinski definition) is 0. The summed E-state index contributed by atoms with van der Waals surface area (Å²) in [5.41, 5.74) is 0.981. The minimum Gasteiger partial charge on any atom is -0.353 e. The molecule has 0 N–H and O–H groups in total. The topological polar surface area (TPSA) is 75.3 Å². The lowest BCUT2D eigenvalue weighted by atomic mass is 10.2. The van der Waals surface area contributed by atoms with E-state index in [0.29, 0.717) is 17.0 Å². The highest BCUT2D eigenvalue weighted by Gasteiger charge is 2.20. The van der Waals surface area contributed by atoms with Crippen LogP contribution >= 0.6 is 11.5 Å². The van der Waals surface area contributed by atoms with Crippen LogP contribution in [0.2, 0.25) is 0 Å². The van der Waals surface area contributed by atoms with E-state index in [2.05, 4.69) is 36.3 Å². The number of halogens is 1. The summed E-state index contributed by atoms with van der Waals surface area (Å²) in [5, 5.41) is 14.0. The summed E-state index contributed by atoms with van der Waals surface area (Å²) < 4.78 is 20.3. The number of hydrogen-bond acceptors (Lipinski definition) is 8. The van der Waals surface area contributed by atoms with Gasteiger partial charge in [0.15, 0.2) is 11.5 Å². The Morgan fingerprint density at radius 3 is 2.67 bits per heavy atom. The van der Waals surface area contributed by atoms with Gasteiger partial charge in [0, 0.05) is 44.1 Å². The molecular formula is C20H21FN8S. The van der Waals surface area contributed by atoms with E-state index < -0.39 is 0 Å². The monoisotopic (exact) mass is 424 g/mol. The number of aromatic nitrogens is 6. The molecule has 0 bridgehead atoms. The van der Waals surface area contributed by atoms with Gasteiger partial charge in [0.05, 0.1) is 5.56 Å². The van der Waals surface area contributed by atoms with Gasteiger partial charge in [-0.3, -0.25) is 0 Å². The van der Waals surface area contributed by atoms with Gasteiger partial charge in [0.2, 0.25) is 5.13 Å². The zero-order chi connectivity index (χ0) is 20.5. The van der Waals surface area contributed by atoms with Gasteiger partial charge in [-0.15, -0.1) is 15.3 Å². The van der Waals surface area contributed by atoms with E-state index in [1.165, 1.54) is 17.6 Å². The molecule has 0 amide bonds. The van der Waals surface area contributed by atoms with Gasteiger partial charge in [0.1, 0.15) is 17.5 Å². The number of anilines is 2. The van der Waals surface area contributed by atoms with E-state index in [9.17, 15) is 4.39 Å². The Bertz CT molecular complexity index is 1170. The number of aryl methyl sites for hydroxylation is 1. The first-order chi connectivity index (χ1) is 14.7. The Hall–Kier alpha value is -3.14. The quantitative estimate of drug-likeness (QED) is 0.498. The van der Waals surface area contributed by atoms with Crippen LogP contribution < -0.4 is 9.80 Å². The van der Waals surface area contributed by atoms with Crippen LogP contribution in [-0.2, 0) is 6.42 Å². The van der Waals surface area contributed by atoms with Crippen LogP contribution in [0.1, 0.15) is 19.2 Å². The smallest absolute Gasteiger partial charge is 0.205 e. The Labute approximate surface area is 177 Å². The van der Waals surface area contributed by atoms with Gasteiger partial charge in [-0.05, 0) is 30.7 Å². The average molecular weight is 425 g/mol. The van der Waals surface area contributed by atoms with E-state index in [4.69, 9.17) is 5.10 Å². The molecule has 0 unspecified atom stereocenters. The number of benzene rings is 1. The summed E-state index contributed by atoms with van der Waals surface area (Å²) in [4.78, 5) is 9.16. The maximum atomic E-state index is 14.3. The summed E-state index contributed by atoms with van der Waals surface area (Å²) in [6.45, 7) is 5.55. The van der Waals surface area contributed by atoms with Crippen LogP contribution in [0.25, 0.3) is 17.0 Å². The Morgan fingerprint density at radius 2 is 1.83 bits per heavy atom. The predicted molar refractivity (Wildman–Crippen MR) is 115 cm³/mol. The van der Waals surface area contributed by atoms with Crippen molar-refractivity contribution in [2.45, 2.75) is 19.8 Å². The first-order valence-corrected chi connectivity index (χ1v) is 10.8. The molecule has 1 aromatic carbocycles. The highest BCUT2D eigenvalue weighted by atomic mass is 32.1. The lowest BCUT2D eigenvalue weighted by molar-refractivity contribution is 0.629. The molecular weight excluding hydrogens is 403 g/mol. The number of fused-ring (bicyclic) bond motifs is 1. The number of rotatable bonds is 4. The second-order valence-electron chi connectivity index (χ2n) is 7.14. The normalized spacial score (nSPS) is 15.0. The standard InChI is InChI=1S/C20H21FN8S/c1-2-16-22-20(30-26-16)28-11-5-10-27(12-13-28)18-9-8-17-23-24-19(29(17)25-18)14-6-3-4-7-15(14)21/h3-4,6-9H,2,5,10-13H2,1H3. The van der Waals surface area contributed by atoms with E-state index >= 15 is 0 Å². The summed E-state index contributed by atoms with van der Waals surface area (Å²) in [6, 6.07) is 10.4. The lowest BCUT2D eigenvalue weighted by Gasteiger charge is -2.22. The van der Waals surface area contributed by atoms with Crippen LogP contribution in [0.4, 0.5) is 15.3 Å². The molecule has 0 aliphatic carbocycles. The van der Waals surface area contributed by atoms with Crippen LogP contribution in [-0.4, -0.2) is 55.3 Å². The molecule has 1 aliphatic rings. The van der Waals surface area contributed by atoms with Crippen molar-refractivity contribution in [3.8, 4) is 11.4 Å². The third-order valence-electron chi connectivity index (χ3n) is 5.23. The van der Waals surface area contributed by atoms with Crippen molar-refractivity contribution in [2.24, 2.45) is 0 Å². The fourth-order valence-electron chi connectivity index (χ4n) is 3.61. The largest absolute Gasteiger partial charge is 0.353 e. The molecule has 10 heteroatoms. The average Bonchev–Trinajstić information content (AvgIpc) is 3.34. The first kappa shape index (κ1) is 18.9. The van der Waals surface area contributed by atoms with Crippen LogP contribution in [0.5, 0.6) is 0 Å². The predicted octanol–water partition coefficient (Wildman–Crippen LogP) is 3.06. The third kappa shape index (κ3) is 3.47. The second kappa shape index (κ2) is 7.94. The number of nitrogens with zero attached hydrogens (tertiary/aromatic N) is 8. The highest BCUT2D eigenvalue weighted by molar-refractivity contribution is 7.09. The molecule has 0 spiro atoms. The van der Waals surface area contributed by atoms with Crippen molar-refractivity contribution >= 4 is 28.1 Å². The summed E-state index contributed by atoms with van der Waals surface area (Å²) >= 11 is 1.47. The fourth-order valence-corrected chi connectivity index (χ4v) is 4.41. The Balaban J connectivity index is 1.41. The summed E-state index contributed by atoms with van der Waals surface area (Å²) in [7, 11) is 0. The van der Waals surface area contributed by atoms with E-state index in [-0.39, 0.29) is 5.82 Å². The molecule has 1 aliphatic heterocycles. The van der Waals surface area contributed by atoms with E-state index in [1.807, 2.05) is 12.1 Å². The van der Waals surface area contributed by atoms with Gasteiger partial charge in [0.25, 0.3) is 0 Å². The van der Waals surface area contributed by atoms with Gasteiger partial charge in [-0.1, -0.05) is 19.1 Å². The molecule has 30 heavy (non-hydrogen) atoms. The molecule has 4 heterocycles. The minimum atomic E-state index is -0.340. The zero-order valence-electron chi connectivity index (χ0n) is 16.6. The van der Waals surface area contributed by atoms with E-state index in [0.717, 1.165) is 55.8 Å². The molecule has 0 atom stereocenters. The maximum Gasteiger partial charge on any atom is 0.205 e. The molecule has 1 fully saturated rings. The molecule has 154 valence electrons. The maximum absolute atomic E-state index is 14.3. The van der Waals surface area contributed by atoms with Crippen molar-refractivity contribution in [3.63, 3.8) is 0 Å². The highest BCUT2D eigenvalue weighted by Crippen LogP contribution is 2.24. The molecule has 0 radical (unpaired) electrons. The van der Waals surface area contributed by atoms with Crippen molar-refractivity contribution in [2.75, 3.05) is 36.0 Å². The van der Waals surface area contributed by atoms with Crippen LogP contribution in [0.3, 0.4) is 0 Å². The van der Waals surface area contributed by atoms with Crippen molar-refractivity contribution in [3.05, 3.63) is 48.0 Å². The lowest BCUT2D eigenvalue weighted by Crippen LogP contribution is -2.31. The fraction of sp³-hybridized carbons (Fsp3) is 0.350. The Kier molecular flexibility index (Phi) is 4.99. The third-order valence-corrected chi connectivity index (χ3v) is 6.04. The molecule has 0 saturated carbocycles. The van der Waals surface area contributed by atoms with Crippen molar-refractivity contribution in [1.82, 2.24) is 29.2 Å². The molecule has 5 rings (SSSR count). The summed E-state index contributed by atoms with van der Waals surface area (Å²) in [5.74, 6) is 1.79. The Morgan fingerprint density at radius 1 is 1.00 bits per heavy atom. The van der Waals surface area contributed by atoms with Crippen LogP contribution in [0, 0.1) is 5.82 Å². The van der Waals surface area contributed by atoms with Gasteiger partial charge < -0.3 is 9.80 Å². The zero-order valence-corrected chi connectivity index (χ0v) is 17.4. The molecule has 3 aromatic heterocycles. The van der Waals surface area contributed by atoms with Gasteiger partial charge >= 0.3 is 0 Å². The van der Waals surface area contributed by atoms with E-state index in [1.54, 1.807) is 22.7 Å².